The van der Waals surface area contributed by atoms with Crippen LogP contribution in [0.5, 0.6) is 5.75 Å². The number of aromatic nitrogens is 2. The topological polar surface area (TPSA) is 81.4 Å². The summed E-state index contributed by atoms with van der Waals surface area (Å²) >= 11 is 5.72. The fraction of sp³-hybridized carbons (Fsp3) is 0.231. The second-order valence-electron chi connectivity index (χ2n) is 4.31. The molecule has 1 aromatic carbocycles. The van der Waals surface area contributed by atoms with E-state index in [1.165, 1.54) is 0 Å². The van der Waals surface area contributed by atoms with Gasteiger partial charge in [0.1, 0.15) is 11.9 Å². The summed E-state index contributed by atoms with van der Waals surface area (Å²) in [6.45, 7) is 0.422. The molecule has 2 aromatic rings. The normalized spacial score (nSPS) is 10.2. The van der Waals surface area contributed by atoms with Gasteiger partial charge in [-0.1, -0.05) is 12.1 Å². The average molecular weight is 309 g/mol. The molecule has 0 atom stereocenters. The van der Waals surface area contributed by atoms with Crippen LogP contribution in [0.25, 0.3) is 0 Å². The zero-order valence-corrected chi connectivity index (χ0v) is 12.2. The number of hydrogen-bond donors (Lipinski definition) is 0. The van der Waals surface area contributed by atoms with Crippen molar-refractivity contribution in [3.05, 3.63) is 51.4 Å². The Morgan fingerprint density at radius 1 is 1.48 bits per heavy atom. The molecule has 0 aliphatic carbocycles. The molecule has 0 saturated carbocycles. The molecular weight excluding hydrogens is 296 g/mol. The van der Waals surface area contributed by atoms with Gasteiger partial charge in [-0.2, -0.15) is 4.98 Å². The van der Waals surface area contributed by atoms with Gasteiger partial charge in [0.15, 0.2) is 0 Å². The molecule has 110 valence electrons. The maximum Gasteiger partial charge on any atom is 0.329 e. The van der Waals surface area contributed by atoms with Crippen LogP contribution in [0.3, 0.4) is 0 Å². The van der Waals surface area contributed by atoms with Crippen LogP contribution in [0.15, 0.2) is 30.5 Å². The summed E-state index contributed by atoms with van der Waals surface area (Å²) in [5.41, 5.74) is 0.741. The molecule has 0 unspecified atom stereocenters. The van der Waals surface area contributed by atoms with Crippen molar-refractivity contribution < 1.29 is 9.66 Å². The predicted octanol–water partition coefficient (Wildman–Crippen LogP) is 2.68. The lowest BCUT2D eigenvalue weighted by molar-refractivity contribution is -0.384. The van der Waals surface area contributed by atoms with Crippen LogP contribution in [0.2, 0.25) is 5.28 Å². The van der Waals surface area contributed by atoms with Gasteiger partial charge >= 0.3 is 5.69 Å². The quantitative estimate of drug-likeness (QED) is 0.480. The molecule has 0 fully saturated rings. The van der Waals surface area contributed by atoms with Crippen molar-refractivity contribution in [2.75, 3.05) is 19.1 Å². The third-order valence-corrected chi connectivity index (χ3v) is 3.01. The third-order valence-electron chi connectivity index (χ3n) is 2.83. The van der Waals surface area contributed by atoms with Crippen LogP contribution >= 0.6 is 11.6 Å². The van der Waals surface area contributed by atoms with E-state index in [4.69, 9.17) is 16.3 Å². The number of nitro groups is 1. The number of anilines is 1. The van der Waals surface area contributed by atoms with Crippen molar-refractivity contribution in [2.45, 2.75) is 6.54 Å². The molecule has 21 heavy (non-hydrogen) atoms. The summed E-state index contributed by atoms with van der Waals surface area (Å²) in [6, 6.07) is 7.43. The molecule has 2 rings (SSSR count). The van der Waals surface area contributed by atoms with E-state index in [0.29, 0.717) is 6.54 Å². The van der Waals surface area contributed by atoms with Gasteiger partial charge in [-0.3, -0.25) is 10.1 Å². The molecule has 0 spiro atoms. The number of methoxy groups -OCH3 is 1. The molecule has 0 amide bonds. The molecule has 0 aliphatic rings. The van der Waals surface area contributed by atoms with E-state index in [1.807, 2.05) is 24.3 Å². The second-order valence-corrected chi connectivity index (χ2v) is 4.65. The largest absolute Gasteiger partial charge is 0.497 e. The van der Waals surface area contributed by atoms with Crippen molar-refractivity contribution in [1.29, 1.82) is 0 Å². The molecule has 1 aromatic heterocycles. The Labute approximate surface area is 126 Å². The Hall–Kier alpha value is -2.41. The van der Waals surface area contributed by atoms with Crippen molar-refractivity contribution in [3.8, 4) is 5.75 Å². The highest BCUT2D eigenvalue weighted by atomic mass is 35.5. The lowest BCUT2D eigenvalue weighted by atomic mass is 10.2. The van der Waals surface area contributed by atoms with E-state index < -0.39 is 4.92 Å². The first-order chi connectivity index (χ1) is 10.0. The minimum absolute atomic E-state index is 0.0342. The van der Waals surface area contributed by atoms with E-state index in [0.717, 1.165) is 17.5 Å². The maximum absolute atomic E-state index is 11.0. The van der Waals surface area contributed by atoms with Crippen molar-refractivity contribution in [2.24, 2.45) is 0 Å². The molecule has 0 aliphatic heterocycles. The van der Waals surface area contributed by atoms with Gasteiger partial charge in [-0.25, -0.2) is 4.98 Å². The van der Waals surface area contributed by atoms with Gasteiger partial charge in [0.2, 0.25) is 11.1 Å². The van der Waals surface area contributed by atoms with Gasteiger partial charge in [-0.15, -0.1) is 0 Å². The standard InChI is InChI=1S/C13H13ClN4O3/c1-17(8-9-4-3-5-10(6-9)21-2)12-11(18(19)20)7-15-13(14)16-12/h3-7H,8H2,1-2H3. The maximum atomic E-state index is 11.0. The first-order valence-electron chi connectivity index (χ1n) is 6.02. The molecular formula is C13H13ClN4O3. The Morgan fingerprint density at radius 2 is 2.24 bits per heavy atom. The number of rotatable bonds is 5. The van der Waals surface area contributed by atoms with Gasteiger partial charge in [0.25, 0.3) is 0 Å². The van der Waals surface area contributed by atoms with Crippen LogP contribution in [-0.4, -0.2) is 29.0 Å². The molecule has 7 nitrogen and oxygen atoms in total. The third kappa shape index (κ3) is 3.57. The second kappa shape index (κ2) is 6.36. The number of benzene rings is 1. The summed E-state index contributed by atoms with van der Waals surface area (Å²) in [5, 5.41) is 11.0. The lowest BCUT2D eigenvalue weighted by Crippen LogP contribution is -2.19. The minimum atomic E-state index is -0.534. The highest BCUT2D eigenvalue weighted by Crippen LogP contribution is 2.26. The Morgan fingerprint density at radius 3 is 2.90 bits per heavy atom. The van der Waals surface area contributed by atoms with Gasteiger partial charge < -0.3 is 9.64 Å². The van der Waals surface area contributed by atoms with Crippen LogP contribution in [0.1, 0.15) is 5.56 Å². The van der Waals surface area contributed by atoms with E-state index in [-0.39, 0.29) is 16.8 Å². The lowest BCUT2D eigenvalue weighted by Gasteiger charge is -2.18. The smallest absolute Gasteiger partial charge is 0.329 e. The SMILES string of the molecule is COc1cccc(CN(C)c2nc(Cl)ncc2[N+](=O)[O-])c1. The molecule has 8 heteroatoms. The van der Waals surface area contributed by atoms with E-state index >= 15 is 0 Å². The zero-order valence-electron chi connectivity index (χ0n) is 11.5. The molecule has 0 bridgehead atoms. The molecule has 0 radical (unpaired) electrons. The first kappa shape index (κ1) is 15.0. The number of ether oxygens (including phenoxy) is 1. The Balaban J connectivity index is 2.29. The monoisotopic (exact) mass is 308 g/mol. The van der Waals surface area contributed by atoms with Crippen molar-refractivity contribution >= 4 is 23.1 Å². The Bertz CT molecular complexity index is 666. The number of nitrogens with zero attached hydrogens (tertiary/aromatic N) is 4. The van der Waals surface area contributed by atoms with Gasteiger partial charge in [-0.05, 0) is 29.3 Å². The minimum Gasteiger partial charge on any atom is -0.497 e. The molecule has 1 heterocycles. The highest BCUT2D eigenvalue weighted by molar-refractivity contribution is 6.28. The highest BCUT2D eigenvalue weighted by Gasteiger charge is 2.20. The fourth-order valence-corrected chi connectivity index (χ4v) is 2.00. The predicted molar refractivity (Wildman–Crippen MR) is 78.8 cm³/mol. The Kier molecular flexibility index (Phi) is 4.54. The zero-order chi connectivity index (χ0) is 15.4. The van der Waals surface area contributed by atoms with E-state index in [1.54, 1.807) is 19.1 Å². The fourth-order valence-electron chi connectivity index (χ4n) is 1.87. The summed E-state index contributed by atoms with van der Waals surface area (Å²) in [7, 11) is 3.28. The van der Waals surface area contributed by atoms with Crippen LogP contribution in [0.4, 0.5) is 11.5 Å². The van der Waals surface area contributed by atoms with E-state index in [2.05, 4.69) is 9.97 Å². The van der Waals surface area contributed by atoms with Gasteiger partial charge in [0.05, 0.1) is 12.0 Å². The summed E-state index contributed by atoms with van der Waals surface area (Å²) in [4.78, 5) is 19.7. The van der Waals surface area contributed by atoms with Crippen molar-refractivity contribution in [3.63, 3.8) is 0 Å². The summed E-state index contributed by atoms with van der Waals surface area (Å²) < 4.78 is 5.15. The summed E-state index contributed by atoms with van der Waals surface area (Å²) in [5.74, 6) is 0.888. The number of hydrogen-bond acceptors (Lipinski definition) is 6. The van der Waals surface area contributed by atoms with Gasteiger partial charge in [0, 0.05) is 13.6 Å². The summed E-state index contributed by atoms with van der Waals surface area (Å²) in [6.07, 6.45) is 1.10. The number of halogens is 1. The van der Waals surface area contributed by atoms with Crippen LogP contribution < -0.4 is 9.64 Å². The average Bonchev–Trinajstić information content (AvgIpc) is 2.47. The van der Waals surface area contributed by atoms with Crippen LogP contribution in [0, 0.1) is 10.1 Å². The van der Waals surface area contributed by atoms with Crippen LogP contribution in [-0.2, 0) is 6.54 Å². The van der Waals surface area contributed by atoms with Crippen molar-refractivity contribution in [1.82, 2.24) is 9.97 Å². The molecule has 0 saturated heterocycles. The first-order valence-corrected chi connectivity index (χ1v) is 6.40. The van der Waals surface area contributed by atoms with E-state index in [9.17, 15) is 10.1 Å². The molecule has 0 N–H and O–H groups in total.